The Morgan fingerprint density at radius 1 is 1.28 bits per heavy atom. The van der Waals surface area contributed by atoms with Crippen LogP contribution in [0.25, 0.3) is 11.4 Å². The quantitative estimate of drug-likeness (QED) is 0.840. The van der Waals surface area contributed by atoms with Gasteiger partial charge in [0.05, 0.1) is 11.6 Å². The van der Waals surface area contributed by atoms with E-state index >= 15 is 0 Å². The van der Waals surface area contributed by atoms with E-state index in [1.165, 1.54) is 18.2 Å². The first kappa shape index (κ1) is 11.3. The molecule has 0 bridgehead atoms. The van der Waals surface area contributed by atoms with Crippen molar-refractivity contribution in [2.75, 3.05) is 6.54 Å². The summed E-state index contributed by atoms with van der Waals surface area (Å²) in [5, 5.41) is 11.2. The first-order valence-electron chi connectivity index (χ1n) is 5.79. The molecule has 1 unspecified atom stereocenters. The number of aromatic nitrogens is 3. The second-order valence-corrected chi connectivity index (χ2v) is 4.31. The summed E-state index contributed by atoms with van der Waals surface area (Å²) in [6.45, 7) is 3.28. The van der Waals surface area contributed by atoms with Gasteiger partial charge in [0.2, 0.25) is 0 Å². The monoisotopic (exact) mass is 250 g/mol. The summed E-state index contributed by atoms with van der Waals surface area (Å²) in [7, 11) is 0. The van der Waals surface area contributed by atoms with E-state index in [1.54, 1.807) is 4.57 Å². The molecule has 1 aliphatic heterocycles. The summed E-state index contributed by atoms with van der Waals surface area (Å²) < 4.78 is 29.3. The number of nitrogens with one attached hydrogen (secondary N) is 1. The Bertz CT molecular complexity index is 574. The second-order valence-electron chi connectivity index (χ2n) is 4.31. The van der Waals surface area contributed by atoms with Gasteiger partial charge >= 0.3 is 0 Å². The Morgan fingerprint density at radius 2 is 2.00 bits per heavy atom. The number of hydrogen-bond acceptors (Lipinski definition) is 3. The minimum atomic E-state index is -0.614. The smallest absolute Gasteiger partial charge is 0.170 e. The third-order valence-corrected chi connectivity index (χ3v) is 3.14. The summed E-state index contributed by atoms with van der Waals surface area (Å²) in [5.74, 6) is -0.263. The van der Waals surface area contributed by atoms with Crippen molar-refractivity contribution in [2.24, 2.45) is 0 Å². The van der Waals surface area contributed by atoms with Crippen LogP contribution in [0.5, 0.6) is 0 Å². The van der Waals surface area contributed by atoms with Gasteiger partial charge in [-0.2, -0.15) is 0 Å². The van der Waals surface area contributed by atoms with Crippen LogP contribution >= 0.6 is 0 Å². The number of nitrogens with zero attached hydrogens (tertiary/aromatic N) is 3. The lowest BCUT2D eigenvalue weighted by molar-refractivity contribution is 0.438. The molecule has 18 heavy (non-hydrogen) atoms. The van der Waals surface area contributed by atoms with Crippen LogP contribution in [0.1, 0.15) is 18.8 Å². The number of hydrogen-bond donors (Lipinski definition) is 1. The van der Waals surface area contributed by atoms with Crippen molar-refractivity contribution in [2.45, 2.75) is 19.5 Å². The van der Waals surface area contributed by atoms with E-state index in [-0.39, 0.29) is 17.4 Å². The molecule has 1 aromatic carbocycles. The lowest BCUT2D eigenvalue weighted by Gasteiger charge is -2.22. The molecule has 0 aliphatic carbocycles. The number of rotatable bonds is 1. The molecule has 2 heterocycles. The molecule has 2 aromatic rings. The molecule has 3 rings (SSSR count). The summed E-state index contributed by atoms with van der Waals surface area (Å²) in [4.78, 5) is 0. The van der Waals surface area contributed by atoms with Gasteiger partial charge in [0.1, 0.15) is 17.5 Å². The molecule has 94 valence electrons. The highest BCUT2D eigenvalue weighted by Gasteiger charge is 2.25. The van der Waals surface area contributed by atoms with Crippen LogP contribution < -0.4 is 5.32 Å². The number of benzene rings is 1. The zero-order valence-corrected chi connectivity index (χ0v) is 9.82. The van der Waals surface area contributed by atoms with Crippen LogP contribution in [0.2, 0.25) is 0 Å². The largest absolute Gasteiger partial charge is 0.308 e. The van der Waals surface area contributed by atoms with Crippen LogP contribution in [0, 0.1) is 11.6 Å². The highest BCUT2D eigenvalue weighted by Crippen LogP contribution is 2.27. The van der Waals surface area contributed by atoms with Gasteiger partial charge in [-0.05, 0) is 19.1 Å². The summed E-state index contributed by atoms with van der Waals surface area (Å²) >= 11 is 0. The zero-order chi connectivity index (χ0) is 12.7. The first-order chi connectivity index (χ1) is 8.68. The molecular weight excluding hydrogens is 238 g/mol. The topological polar surface area (TPSA) is 42.7 Å². The second kappa shape index (κ2) is 4.13. The summed E-state index contributed by atoms with van der Waals surface area (Å²) in [6, 6.07) is 3.83. The minimum Gasteiger partial charge on any atom is -0.308 e. The van der Waals surface area contributed by atoms with Crippen LogP contribution in [0.15, 0.2) is 18.2 Å². The standard InChI is InChI=1S/C12H12F2N4/c1-7-11-16-17-12(18(11)6-5-15-7)10-8(13)3-2-4-9(10)14/h2-4,7,15H,5-6H2,1H3. The molecule has 0 saturated heterocycles. The minimum absolute atomic E-state index is 0.0369. The Hall–Kier alpha value is -1.82. The predicted molar refractivity (Wildman–Crippen MR) is 61.8 cm³/mol. The van der Waals surface area contributed by atoms with Gasteiger partial charge in [-0.3, -0.25) is 0 Å². The van der Waals surface area contributed by atoms with Crippen LogP contribution in [0.4, 0.5) is 8.78 Å². The SMILES string of the molecule is CC1NCCn2c(-c3c(F)cccc3F)nnc21. The van der Waals surface area contributed by atoms with Gasteiger partial charge < -0.3 is 9.88 Å². The Kier molecular flexibility index (Phi) is 2.59. The average Bonchev–Trinajstić information content (AvgIpc) is 2.75. The van der Waals surface area contributed by atoms with Crippen LogP contribution in [-0.4, -0.2) is 21.3 Å². The molecular formula is C12H12F2N4. The predicted octanol–water partition coefficient (Wildman–Crippen LogP) is 1.89. The Balaban J connectivity index is 2.19. The van der Waals surface area contributed by atoms with Crippen molar-refractivity contribution in [1.82, 2.24) is 20.1 Å². The van der Waals surface area contributed by atoms with Gasteiger partial charge in [0, 0.05) is 13.1 Å². The normalized spacial score (nSPS) is 18.7. The molecule has 0 spiro atoms. The van der Waals surface area contributed by atoms with E-state index in [0.717, 1.165) is 6.54 Å². The lowest BCUT2D eigenvalue weighted by Crippen LogP contribution is -2.32. The zero-order valence-electron chi connectivity index (χ0n) is 9.82. The average molecular weight is 250 g/mol. The van der Waals surface area contributed by atoms with Gasteiger partial charge in [-0.1, -0.05) is 6.07 Å². The van der Waals surface area contributed by atoms with Gasteiger partial charge in [0.25, 0.3) is 0 Å². The van der Waals surface area contributed by atoms with Crippen molar-refractivity contribution in [3.63, 3.8) is 0 Å². The van der Waals surface area contributed by atoms with Crippen LogP contribution in [-0.2, 0) is 6.54 Å². The van der Waals surface area contributed by atoms with E-state index < -0.39 is 11.6 Å². The molecule has 6 heteroatoms. The molecule has 0 radical (unpaired) electrons. The van der Waals surface area contributed by atoms with E-state index in [2.05, 4.69) is 15.5 Å². The molecule has 0 saturated carbocycles. The summed E-state index contributed by atoms with van der Waals surface area (Å²) in [6.07, 6.45) is 0. The molecule has 1 N–H and O–H groups in total. The van der Waals surface area contributed by atoms with Gasteiger partial charge in [-0.25, -0.2) is 8.78 Å². The van der Waals surface area contributed by atoms with Crippen molar-refractivity contribution < 1.29 is 8.78 Å². The molecule has 4 nitrogen and oxygen atoms in total. The molecule has 0 amide bonds. The first-order valence-corrected chi connectivity index (χ1v) is 5.79. The maximum absolute atomic E-state index is 13.7. The van der Waals surface area contributed by atoms with Crippen molar-refractivity contribution in [3.05, 3.63) is 35.7 Å². The van der Waals surface area contributed by atoms with Gasteiger partial charge in [0.15, 0.2) is 5.82 Å². The fourth-order valence-electron chi connectivity index (χ4n) is 2.24. The molecule has 1 aliphatic rings. The number of fused-ring (bicyclic) bond motifs is 1. The summed E-state index contributed by atoms with van der Waals surface area (Å²) in [5.41, 5.74) is -0.106. The van der Waals surface area contributed by atoms with Crippen molar-refractivity contribution >= 4 is 0 Å². The van der Waals surface area contributed by atoms with E-state index in [4.69, 9.17) is 0 Å². The Morgan fingerprint density at radius 3 is 2.72 bits per heavy atom. The number of halogens is 2. The molecule has 1 atom stereocenters. The van der Waals surface area contributed by atoms with E-state index in [1.807, 2.05) is 6.92 Å². The van der Waals surface area contributed by atoms with Crippen molar-refractivity contribution in [1.29, 1.82) is 0 Å². The third kappa shape index (κ3) is 1.60. The Labute approximate surface area is 103 Å². The van der Waals surface area contributed by atoms with Crippen molar-refractivity contribution in [3.8, 4) is 11.4 Å². The maximum atomic E-state index is 13.7. The maximum Gasteiger partial charge on any atom is 0.170 e. The highest BCUT2D eigenvalue weighted by atomic mass is 19.1. The third-order valence-electron chi connectivity index (χ3n) is 3.14. The fourth-order valence-corrected chi connectivity index (χ4v) is 2.24. The van der Waals surface area contributed by atoms with Gasteiger partial charge in [-0.15, -0.1) is 10.2 Å². The van der Waals surface area contributed by atoms with E-state index in [0.29, 0.717) is 12.4 Å². The molecule has 1 aromatic heterocycles. The molecule has 0 fully saturated rings. The van der Waals surface area contributed by atoms with E-state index in [9.17, 15) is 8.78 Å². The van der Waals surface area contributed by atoms with Crippen LogP contribution in [0.3, 0.4) is 0 Å². The lowest BCUT2D eigenvalue weighted by atomic mass is 10.1. The highest BCUT2D eigenvalue weighted by molar-refractivity contribution is 5.57. The fraction of sp³-hybridized carbons (Fsp3) is 0.333.